The second-order valence-corrected chi connectivity index (χ2v) is 10.8. The molecule has 1 aromatic carbocycles. The summed E-state index contributed by atoms with van der Waals surface area (Å²) in [6, 6.07) is 6.43. The van der Waals surface area contributed by atoms with E-state index in [2.05, 4.69) is 29.5 Å². The molecular weight excluding hydrogens is 469 g/mol. The zero-order chi connectivity index (χ0) is 24.8. The second kappa shape index (κ2) is 11.9. The van der Waals surface area contributed by atoms with Crippen LogP contribution in [0.15, 0.2) is 24.3 Å². The van der Waals surface area contributed by atoms with Crippen LogP contribution < -0.4 is 15.4 Å². The summed E-state index contributed by atoms with van der Waals surface area (Å²) in [7, 11) is 0. The zero-order valence-corrected chi connectivity index (χ0v) is 21.0. The van der Waals surface area contributed by atoms with E-state index in [0.29, 0.717) is 61.5 Å². The highest BCUT2D eigenvalue weighted by atomic mass is 32.2. The number of amides is 2. The number of nitrogens with one attached hydrogen (secondary N) is 2. The van der Waals surface area contributed by atoms with Crippen molar-refractivity contribution >= 4 is 23.6 Å². The van der Waals surface area contributed by atoms with Gasteiger partial charge < -0.3 is 20.1 Å². The minimum Gasteiger partial charge on any atom is -0.491 e. The van der Waals surface area contributed by atoms with E-state index >= 15 is 0 Å². The maximum Gasteiger partial charge on any atom is 0.270 e. The Labute approximate surface area is 209 Å². The monoisotopic (exact) mass is 501 g/mol. The fourth-order valence-electron chi connectivity index (χ4n) is 4.22. The molecule has 4 rings (SSSR count). The number of halogens is 1. The van der Waals surface area contributed by atoms with Crippen LogP contribution in [0.5, 0.6) is 5.75 Å². The van der Waals surface area contributed by atoms with Crippen LogP contribution in [0, 0.1) is 5.82 Å². The molecule has 2 aromatic rings. The molecule has 0 spiro atoms. The molecule has 1 aromatic heterocycles. The van der Waals surface area contributed by atoms with Gasteiger partial charge in [0.15, 0.2) is 0 Å². The summed E-state index contributed by atoms with van der Waals surface area (Å²) in [5.74, 6) is 0.235. The van der Waals surface area contributed by atoms with E-state index in [1.165, 1.54) is 12.1 Å². The maximum atomic E-state index is 14.8. The highest BCUT2D eigenvalue weighted by Crippen LogP contribution is 2.31. The fourth-order valence-corrected chi connectivity index (χ4v) is 4.91. The highest BCUT2D eigenvalue weighted by Gasteiger charge is 2.24. The number of carbonyl (C=O) groups is 2. The minimum absolute atomic E-state index is 0.0241. The van der Waals surface area contributed by atoms with E-state index in [0.717, 1.165) is 29.9 Å². The van der Waals surface area contributed by atoms with Gasteiger partial charge in [-0.3, -0.25) is 9.59 Å². The molecule has 188 valence electrons. The molecule has 0 bridgehead atoms. The molecule has 2 aliphatic heterocycles. The zero-order valence-electron chi connectivity index (χ0n) is 20.2. The van der Waals surface area contributed by atoms with Gasteiger partial charge in [0.1, 0.15) is 17.3 Å². The second-order valence-electron chi connectivity index (χ2n) is 9.07. The molecule has 1 fully saturated rings. The highest BCUT2D eigenvalue weighted by molar-refractivity contribution is 7.99. The third-order valence-electron chi connectivity index (χ3n) is 6.01. The summed E-state index contributed by atoms with van der Waals surface area (Å²) < 4.78 is 25.9. The van der Waals surface area contributed by atoms with Gasteiger partial charge in [-0.1, -0.05) is 19.9 Å². The lowest BCUT2D eigenvalue weighted by atomic mass is 10.0. The van der Waals surface area contributed by atoms with Gasteiger partial charge in [-0.05, 0) is 41.9 Å². The van der Waals surface area contributed by atoms with Crippen molar-refractivity contribution in [1.82, 2.24) is 15.6 Å². The number of hydrogen-bond donors (Lipinski definition) is 2. The number of fused-ring (bicyclic) bond motifs is 1. The Morgan fingerprint density at radius 3 is 2.71 bits per heavy atom. The van der Waals surface area contributed by atoms with E-state index in [1.54, 1.807) is 23.9 Å². The first-order valence-electron chi connectivity index (χ1n) is 12.1. The predicted molar refractivity (Wildman–Crippen MR) is 134 cm³/mol. The van der Waals surface area contributed by atoms with Crippen molar-refractivity contribution in [3.63, 3.8) is 0 Å². The van der Waals surface area contributed by atoms with E-state index in [-0.39, 0.29) is 17.5 Å². The van der Waals surface area contributed by atoms with E-state index < -0.39 is 11.7 Å². The van der Waals surface area contributed by atoms with Crippen molar-refractivity contribution in [3.05, 3.63) is 58.2 Å². The summed E-state index contributed by atoms with van der Waals surface area (Å²) in [6.07, 6.45) is 2.56. The lowest BCUT2D eigenvalue weighted by Crippen LogP contribution is -2.39. The number of benzene rings is 1. The Morgan fingerprint density at radius 2 is 1.97 bits per heavy atom. The standard InChI is InChI=1S/C26H32FN3O4S/c1-16(2)35-12-8-28-25(31)20-4-3-17(14-21(20)27)13-18-15-23(30-22-7-11-34-24(18)22)26(32)29-19-5-9-33-10-6-19/h3-4,14-16,19H,5-13H2,1-2H3,(H,28,31)(H,29,32). The Balaban J connectivity index is 1.46. The van der Waals surface area contributed by atoms with Crippen LogP contribution in [0.1, 0.15) is 64.4 Å². The van der Waals surface area contributed by atoms with E-state index in [1.807, 2.05) is 0 Å². The van der Waals surface area contributed by atoms with Crippen LogP contribution in [0.3, 0.4) is 0 Å². The van der Waals surface area contributed by atoms with Gasteiger partial charge in [0.25, 0.3) is 11.8 Å². The van der Waals surface area contributed by atoms with Crippen molar-refractivity contribution in [2.45, 2.75) is 50.8 Å². The summed E-state index contributed by atoms with van der Waals surface area (Å²) in [5.41, 5.74) is 2.58. The number of ether oxygens (including phenoxy) is 2. The molecule has 0 unspecified atom stereocenters. The van der Waals surface area contributed by atoms with Gasteiger partial charge >= 0.3 is 0 Å². The number of carbonyl (C=O) groups excluding carboxylic acids is 2. The Kier molecular flexibility index (Phi) is 8.62. The number of nitrogens with zero attached hydrogens (tertiary/aromatic N) is 1. The normalized spacial score (nSPS) is 15.5. The van der Waals surface area contributed by atoms with Crippen LogP contribution in [0.4, 0.5) is 4.39 Å². The third-order valence-corrected chi connectivity index (χ3v) is 7.11. The lowest BCUT2D eigenvalue weighted by molar-refractivity contribution is 0.0694. The van der Waals surface area contributed by atoms with Crippen LogP contribution in [-0.2, 0) is 17.6 Å². The van der Waals surface area contributed by atoms with Crippen LogP contribution >= 0.6 is 11.8 Å². The van der Waals surface area contributed by atoms with Crippen molar-refractivity contribution < 1.29 is 23.5 Å². The van der Waals surface area contributed by atoms with Gasteiger partial charge in [0, 0.05) is 50.0 Å². The maximum absolute atomic E-state index is 14.8. The molecule has 2 aliphatic rings. The van der Waals surface area contributed by atoms with Crippen molar-refractivity contribution in [3.8, 4) is 5.75 Å². The van der Waals surface area contributed by atoms with E-state index in [9.17, 15) is 14.0 Å². The molecule has 7 nitrogen and oxygen atoms in total. The molecular formula is C26H32FN3O4S. The Bertz CT molecular complexity index is 1070. The Hall–Kier alpha value is -2.65. The smallest absolute Gasteiger partial charge is 0.270 e. The number of pyridine rings is 1. The largest absolute Gasteiger partial charge is 0.491 e. The fraction of sp³-hybridized carbons (Fsp3) is 0.500. The minimum atomic E-state index is -0.569. The molecule has 1 saturated heterocycles. The van der Waals surface area contributed by atoms with E-state index in [4.69, 9.17) is 9.47 Å². The van der Waals surface area contributed by atoms with Crippen LogP contribution in [-0.4, -0.2) is 60.2 Å². The van der Waals surface area contributed by atoms with Gasteiger partial charge in [0.05, 0.1) is 17.9 Å². The molecule has 0 atom stereocenters. The molecule has 0 radical (unpaired) electrons. The Morgan fingerprint density at radius 1 is 1.17 bits per heavy atom. The number of hydrogen-bond acceptors (Lipinski definition) is 6. The molecule has 3 heterocycles. The molecule has 0 saturated carbocycles. The van der Waals surface area contributed by atoms with Crippen molar-refractivity contribution in [1.29, 1.82) is 0 Å². The number of thioether (sulfide) groups is 1. The number of rotatable bonds is 9. The quantitative estimate of drug-likeness (QED) is 0.511. The average molecular weight is 502 g/mol. The SMILES string of the molecule is CC(C)SCCNC(=O)c1ccc(Cc2cc(C(=O)NC3CCOCC3)nc3c2OCC3)cc1F. The van der Waals surface area contributed by atoms with Crippen molar-refractivity contribution in [2.75, 3.05) is 32.1 Å². The number of aromatic nitrogens is 1. The topological polar surface area (TPSA) is 89.6 Å². The van der Waals surface area contributed by atoms with Gasteiger partial charge in [-0.15, -0.1) is 0 Å². The van der Waals surface area contributed by atoms with Crippen LogP contribution in [0.25, 0.3) is 0 Å². The summed E-state index contributed by atoms with van der Waals surface area (Å²) >= 11 is 1.74. The third kappa shape index (κ3) is 6.73. The summed E-state index contributed by atoms with van der Waals surface area (Å²) in [6.45, 7) is 6.45. The summed E-state index contributed by atoms with van der Waals surface area (Å²) in [4.78, 5) is 29.8. The summed E-state index contributed by atoms with van der Waals surface area (Å²) in [5, 5.41) is 6.30. The molecule has 2 amide bonds. The van der Waals surface area contributed by atoms with Crippen molar-refractivity contribution in [2.24, 2.45) is 0 Å². The predicted octanol–water partition coefficient (Wildman–Crippen LogP) is 3.53. The van der Waals surface area contributed by atoms with Crippen LogP contribution in [0.2, 0.25) is 0 Å². The van der Waals surface area contributed by atoms with Gasteiger partial charge in [-0.2, -0.15) is 11.8 Å². The average Bonchev–Trinajstić information content (AvgIpc) is 3.31. The van der Waals surface area contributed by atoms with Gasteiger partial charge in [-0.25, -0.2) is 9.37 Å². The lowest BCUT2D eigenvalue weighted by Gasteiger charge is -2.23. The first kappa shape index (κ1) is 25.4. The molecule has 35 heavy (non-hydrogen) atoms. The first-order valence-corrected chi connectivity index (χ1v) is 13.2. The molecule has 0 aliphatic carbocycles. The first-order chi connectivity index (χ1) is 16.9. The molecule has 9 heteroatoms. The van der Waals surface area contributed by atoms with Gasteiger partial charge in [0.2, 0.25) is 0 Å². The molecule has 2 N–H and O–H groups in total.